The lowest BCUT2D eigenvalue weighted by Crippen LogP contribution is -2.57. The zero-order valence-corrected chi connectivity index (χ0v) is 10.2. The number of nitrogens with zero attached hydrogens (tertiary/aromatic N) is 1. The minimum atomic E-state index is -0.665. The van der Waals surface area contributed by atoms with Gasteiger partial charge < -0.3 is 10.0 Å². The Balaban J connectivity index is 1.77. The fourth-order valence-corrected chi connectivity index (χ4v) is 3.29. The molecule has 1 atom stereocenters. The molecule has 16 heavy (non-hydrogen) atoms. The number of carbonyl (C=O) groups is 1. The molecule has 1 saturated carbocycles. The molecule has 2 rings (SSSR count). The SMILES string of the molecule is CC(CN1CC2(CCCCCC2)C1)C(=O)O. The quantitative estimate of drug-likeness (QED) is 0.801. The van der Waals surface area contributed by atoms with Gasteiger partial charge in [-0.1, -0.05) is 32.6 Å². The van der Waals surface area contributed by atoms with Gasteiger partial charge in [-0.3, -0.25) is 4.79 Å². The molecule has 0 amide bonds. The predicted molar refractivity (Wildman–Crippen MR) is 63.4 cm³/mol. The summed E-state index contributed by atoms with van der Waals surface area (Å²) in [6, 6.07) is 0. The smallest absolute Gasteiger partial charge is 0.307 e. The molecule has 0 aromatic carbocycles. The molecule has 1 spiro atoms. The van der Waals surface area contributed by atoms with Crippen LogP contribution < -0.4 is 0 Å². The molecular formula is C13H23NO2. The Morgan fingerprint density at radius 3 is 2.31 bits per heavy atom. The van der Waals surface area contributed by atoms with Crippen molar-refractivity contribution in [1.82, 2.24) is 4.90 Å². The first-order chi connectivity index (χ1) is 7.61. The number of carboxylic acids is 1. The highest BCUT2D eigenvalue weighted by molar-refractivity contribution is 5.69. The van der Waals surface area contributed by atoms with E-state index in [0.29, 0.717) is 5.41 Å². The topological polar surface area (TPSA) is 40.5 Å². The second-order valence-electron chi connectivity index (χ2n) is 5.82. The Morgan fingerprint density at radius 2 is 1.81 bits per heavy atom. The summed E-state index contributed by atoms with van der Waals surface area (Å²) in [6.45, 7) is 4.83. The van der Waals surface area contributed by atoms with Crippen LogP contribution in [0, 0.1) is 11.3 Å². The van der Waals surface area contributed by atoms with Gasteiger partial charge in [0, 0.05) is 19.6 Å². The van der Waals surface area contributed by atoms with Gasteiger partial charge >= 0.3 is 5.97 Å². The molecule has 1 N–H and O–H groups in total. The molecule has 1 unspecified atom stereocenters. The maximum absolute atomic E-state index is 10.8. The van der Waals surface area contributed by atoms with E-state index in [9.17, 15) is 4.79 Å². The predicted octanol–water partition coefficient (Wildman–Crippen LogP) is 2.36. The van der Waals surface area contributed by atoms with Crippen LogP contribution >= 0.6 is 0 Å². The normalized spacial score (nSPS) is 27.1. The van der Waals surface area contributed by atoms with E-state index in [-0.39, 0.29) is 5.92 Å². The molecule has 3 nitrogen and oxygen atoms in total. The van der Waals surface area contributed by atoms with E-state index in [4.69, 9.17) is 5.11 Å². The van der Waals surface area contributed by atoms with Crippen molar-refractivity contribution in [2.75, 3.05) is 19.6 Å². The fraction of sp³-hybridized carbons (Fsp3) is 0.923. The molecule has 1 aliphatic carbocycles. The summed E-state index contributed by atoms with van der Waals surface area (Å²) < 4.78 is 0. The zero-order chi connectivity index (χ0) is 11.6. The van der Waals surface area contributed by atoms with Crippen molar-refractivity contribution < 1.29 is 9.90 Å². The number of aliphatic carboxylic acids is 1. The molecule has 1 saturated heterocycles. The summed E-state index contributed by atoms with van der Waals surface area (Å²) in [6.07, 6.45) is 8.28. The van der Waals surface area contributed by atoms with Crippen molar-refractivity contribution in [2.45, 2.75) is 45.4 Å². The second-order valence-corrected chi connectivity index (χ2v) is 5.82. The van der Waals surface area contributed by atoms with Crippen LogP contribution in [-0.4, -0.2) is 35.6 Å². The number of carboxylic acid groups (broad SMARTS) is 1. The molecular weight excluding hydrogens is 202 g/mol. The summed E-state index contributed by atoms with van der Waals surface area (Å²) in [7, 11) is 0. The maximum Gasteiger partial charge on any atom is 0.307 e. The first kappa shape index (κ1) is 11.9. The number of hydrogen-bond acceptors (Lipinski definition) is 2. The highest BCUT2D eigenvalue weighted by Crippen LogP contribution is 2.42. The van der Waals surface area contributed by atoms with Crippen LogP contribution in [-0.2, 0) is 4.79 Å². The van der Waals surface area contributed by atoms with Crippen molar-refractivity contribution in [2.24, 2.45) is 11.3 Å². The highest BCUT2D eigenvalue weighted by Gasteiger charge is 2.42. The monoisotopic (exact) mass is 225 g/mol. The first-order valence-electron chi connectivity index (χ1n) is 6.56. The highest BCUT2D eigenvalue weighted by atomic mass is 16.4. The van der Waals surface area contributed by atoms with Crippen molar-refractivity contribution >= 4 is 5.97 Å². The lowest BCUT2D eigenvalue weighted by Gasteiger charge is -2.51. The van der Waals surface area contributed by atoms with E-state index < -0.39 is 5.97 Å². The average Bonchev–Trinajstić information content (AvgIpc) is 2.42. The minimum Gasteiger partial charge on any atom is -0.481 e. The molecule has 92 valence electrons. The van der Waals surface area contributed by atoms with Crippen LogP contribution in [0.25, 0.3) is 0 Å². The molecule has 2 aliphatic rings. The van der Waals surface area contributed by atoms with Crippen LogP contribution in [0.4, 0.5) is 0 Å². The van der Waals surface area contributed by atoms with E-state index in [2.05, 4.69) is 4.90 Å². The summed E-state index contributed by atoms with van der Waals surface area (Å²) in [5.41, 5.74) is 0.564. The van der Waals surface area contributed by atoms with Crippen LogP contribution in [0.1, 0.15) is 45.4 Å². The van der Waals surface area contributed by atoms with Gasteiger partial charge in [-0.05, 0) is 18.3 Å². The molecule has 0 aromatic heterocycles. The van der Waals surface area contributed by atoms with Gasteiger partial charge in [0.25, 0.3) is 0 Å². The Bertz CT molecular complexity index is 249. The van der Waals surface area contributed by atoms with Crippen LogP contribution in [0.2, 0.25) is 0 Å². The molecule has 1 heterocycles. The van der Waals surface area contributed by atoms with Gasteiger partial charge in [-0.25, -0.2) is 0 Å². The standard InChI is InChI=1S/C13H23NO2/c1-11(12(15)16)8-14-9-13(10-14)6-4-2-3-5-7-13/h11H,2-10H2,1H3,(H,15,16). The van der Waals surface area contributed by atoms with Crippen LogP contribution in [0.3, 0.4) is 0 Å². The molecule has 1 aliphatic heterocycles. The first-order valence-corrected chi connectivity index (χ1v) is 6.56. The Kier molecular flexibility index (Phi) is 3.53. The lowest BCUT2D eigenvalue weighted by molar-refractivity contribution is -0.143. The average molecular weight is 225 g/mol. The van der Waals surface area contributed by atoms with E-state index in [1.54, 1.807) is 6.92 Å². The van der Waals surface area contributed by atoms with Gasteiger partial charge in [0.15, 0.2) is 0 Å². The zero-order valence-electron chi connectivity index (χ0n) is 10.2. The third kappa shape index (κ3) is 2.57. The third-order valence-corrected chi connectivity index (χ3v) is 4.24. The Morgan fingerprint density at radius 1 is 1.25 bits per heavy atom. The molecule has 2 fully saturated rings. The van der Waals surface area contributed by atoms with E-state index in [1.165, 1.54) is 38.5 Å². The Labute approximate surface area is 97.8 Å². The van der Waals surface area contributed by atoms with Crippen LogP contribution in [0.15, 0.2) is 0 Å². The molecule has 3 heteroatoms. The summed E-state index contributed by atoms with van der Waals surface area (Å²) in [5, 5.41) is 8.87. The fourth-order valence-electron chi connectivity index (χ4n) is 3.29. The molecule has 0 bridgehead atoms. The van der Waals surface area contributed by atoms with E-state index in [0.717, 1.165) is 19.6 Å². The third-order valence-electron chi connectivity index (χ3n) is 4.24. The van der Waals surface area contributed by atoms with Crippen molar-refractivity contribution in [3.8, 4) is 0 Å². The van der Waals surface area contributed by atoms with E-state index in [1.807, 2.05) is 0 Å². The van der Waals surface area contributed by atoms with Gasteiger partial charge in [0.1, 0.15) is 0 Å². The largest absolute Gasteiger partial charge is 0.481 e. The maximum atomic E-state index is 10.8. The minimum absolute atomic E-state index is 0.219. The van der Waals surface area contributed by atoms with Crippen molar-refractivity contribution in [3.63, 3.8) is 0 Å². The summed E-state index contributed by atoms with van der Waals surface area (Å²) in [5.74, 6) is -0.884. The van der Waals surface area contributed by atoms with Gasteiger partial charge in [-0.2, -0.15) is 0 Å². The number of hydrogen-bond donors (Lipinski definition) is 1. The van der Waals surface area contributed by atoms with Gasteiger partial charge in [0.2, 0.25) is 0 Å². The van der Waals surface area contributed by atoms with Gasteiger partial charge in [0.05, 0.1) is 5.92 Å². The second kappa shape index (κ2) is 4.74. The number of rotatable bonds is 3. The lowest BCUT2D eigenvalue weighted by atomic mass is 9.73. The molecule has 0 radical (unpaired) electrons. The number of likely N-dealkylation sites (tertiary alicyclic amines) is 1. The van der Waals surface area contributed by atoms with Crippen molar-refractivity contribution in [3.05, 3.63) is 0 Å². The summed E-state index contributed by atoms with van der Waals surface area (Å²) in [4.78, 5) is 13.1. The van der Waals surface area contributed by atoms with E-state index >= 15 is 0 Å². The summed E-state index contributed by atoms with van der Waals surface area (Å²) >= 11 is 0. The van der Waals surface area contributed by atoms with Crippen LogP contribution in [0.5, 0.6) is 0 Å². The Hall–Kier alpha value is -0.570. The van der Waals surface area contributed by atoms with Crippen molar-refractivity contribution in [1.29, 1.82) is 0 Å². The molecule has 0 aromatic rings. The van der Waals surface area contributed by atoms with Gasteiger partial charge in [-0.15, -0.1) is 0 Å².